The van der Waals surface area contributed by atoms with E-state index in [1.54, 1.807) is 25.3 Å². The van der Waals surface area contributed by atoms with E-state index in [0.717, 1.165) is 36.6 Å². The number of rotatable bonds is 4. The average Bonchev–Trinajstić information content (AvgIpc) is 3.22. The lowest BCUT2D eigenvalue weighted by Gasteiger charge is -2.25. The Kier molecular flexibility index (Phi) is 3.87. The molecule has 0 saturated carbocycles. The molecule has 4 rings (SSSR count). The number of hydrogen-bond donors (Lipinski definition) is 2. The van der Waals surface area contributed by atoms with Crippen molar-refractivity contribution in [2.24, 2.45) is 0 Å². The standard InChI is InChI=1S/C17H19N5O3/c1-25-10-4-5-13-11(7-10)12(8-16(23)19-13)17(24)18-9-15-21-20-14-3-2-6-22(14)15/h4-5,7,12H,2-3,6,8-9H2,1H3,(H,18,24)(H,19,23). The number of anilines is 1. The lowest BCUT2D eigenvalue weighted by Crippen LogP contribution is -2.35. The number of aryl methyl sites for hydroxylation is 1. The van der Waals surface area contributed by atoms with Crippen molar-refractivity contribution in [2.75, 3.05) is 12.4 Å². The molecule has 0 spiro atoms. The minimum atomic E-state index is -0.542. The van der Waals surface area contributed by atoms with Crippen LogP contribution in [0.4, 0.5) is 5.69 Å². The number of fused-ring (bicyclic) bond motifs is 2. The van der Waals surface area contributed by atoms with Crippen LogP contribution in [0.5, 0.6) is 5.75 Å². The first kappa shape index (κ1) is 15.6. The second-order valence-electron chi connectivity index (χ2n) is 6.26. The van der Waals surface area contributed by atoms with Crippen LogP contribution in [0.3, 0.4) is 0 Å². The van der Waals surface area contributed by atoms with E-state index < -0.39 is 5.92 Å². The molecular weight excluding hydrogens is 322 g/mol. The largest absolute Gasteiger partial charge is 0.497 e. The van der Waals surface area contributed by atoms with Gasteiger partial charge in [-0.2, -0.15) is 0 Å². The number of amides is 2. The molecule has 25 heavy (non-hydrogen) atoms. The van der Waals surface area contributed by atoms with Crippen molar-refractivity contribution in [2.45, 2.75) is 38.3 Å². The highest BCUT2D eigenvalue weighted by molar-refractivity contribution is 6.01. The number of aromatic nitrogens is 3. The van der Waals surface area contributed by atoms with E-state index in [9.17, 15) is 9.59 Å². The zero-order valence-electron chi connectivity index (χ0n) is 13.9. The van der Waals surface area contributed by atoms with E-state index in [-0.39, 0.29) is 18.2 Å². The molecule has 2 aromatic rings. The van der Waals surface area contributed by atoms with E-state index in [2.05, 4.69) is 20.8 Å². The van der Waals surface area contributed by atoms with Gasteiger partial charge in [-0.05, 0) is 30.2 Å². The molecule has 8 nitrogen and oxygen atoms in total. The van der Waals surface area contributed by atoms with Crippen molar-refractivity contribution < 1.29 is 14.3 Å². The van der Waals surface area contributed by atoms with Gasteiger partial charge in [0.05, 0.1) is 19.6 Å². The number of nitrogens with zero attached hydrogens (tertiary/aromatic N) is 3. The maximum Gasteiger partial charge on any atom is 0.228 e. The highest BCUT2D eigenvalue weighted by Crippen LogP contribution is 2.35. The third-order valence-corrected chi connectivity index (χ3v) is 4.72. The molecule has 8 heteroatoms. The number of methoxy groups -OCH3 is 1. The van der Waals surface area contributed by atoms with Crippen molar-refractivity contribution in [1.29, 1.82) is 0 Å². The molecule has 0 fully saturated rings. The van der Waals surface area contributed by atoms with Gasteiger partial charge in [-0.15, -0.1) is 10.2 Å². The Hall–Kier alpha value is -2.90. The number of carbonyl (C=O) groups is 2. The van der Waals surface area contributed by atoms with Gasteiger partial charge in [0, 0.05) is 25.1 Å². The Morgan fingerprint density at radius 3 is 3.16 bits per heavy atom. The Labute approximate surface area is 144 Å². The number of ether oxygens (including phenoxy) is 1. The van der Waals surface area contributed by atoms with Gasteiger partial charge in [0.15, 0.2) is 5.82 Å². The normalized spacial score (nSPS) is 18.3. The van der Waals surface area contributed by atoms with E-state index >= 15 is 0 Å². The number of carbonyl (C=O) groups excluding carboxylic acids is 2. The topological polar surface area (TPSA) is 98.1 Å². The van der Waals surface area contributed by atoms with Gasteiger partial charge in [-0.25, -0.2) is 0 Å². The molecule has 2 amide bonds. The summed E-state index contributed by atoms with van der Waals surface area (Å²) in [6.45, 7) is 1.20. The van der Waals surface area contributed by atoms with Crippen LogP contribution in [0.15, 0.2) is 18.2 Å². The Balaban J connectivity index is 1.53. The molecule has 1 aromatic carbocycles. The minimum Gasteiger partial charge on any atom is -0.497 e. The van der Waals surface area contributed by atoms with Crippen LogP contribution in [0, 0.1) is 0 Å². The number of nitrogens with one attached hydrogen (secondary N) is 2. The summed E-state index contributed by atoms with van der Waals surface area (Å²) in [7, 11) is 1.57. The third kappa shape index (κ3) is 2.84. The van der Waals surface area contributed by atoms with Crippen molar-refractivity contribution >= 4 is 17.5 Å². The Morgan fingerprint density at radius 2 is 2.32 bits per heavy atom. The van der Waals surface area contributed by atoms with Gasteiger partial charge < -0.3 is 19.9 Å². The lowest BCUT2D eigenvalue weighted by atomic mass is 9.89. The summed E-state index contributed by atoms with van der Waals surface area (Å²) in [5.41, 5.74) is 1.42. The quantitative estimate of drug-likeness (QED) is 0.864. The second kappa shape index (κ2) is 6.19. The minimum absolute atomic E-state index is 0.115. The highest BCUT2D eigenvalue weighted by atomic mass is 16.5. The van der Waals surface area contributed by atoms with E-state index in [4.69, 9.17) is 4.74 Å². The van der Waals surface area contributed by atoms with Gasteiger partial charge in [0.2, 0.25) is 11.8 Å². The predicted molar refractivity (Wildman–Crippen MR) is 89.2 cm³/mol. The molecule has 0 bridgehead atoms. The van der Waals surface area contributed by atoms with Crippen LogP contribution in [0.1, 0.15) is 36.0 Å². The molecule has 2 N–H and O–H groups in total. The molecule has 1 atom stereocenters. The Bertz CT molecular complexity index is 845. The van der Waals surface area contributed by atoms with Gasteiger partial charge in [0.25, 0.3) is 0 Å². The summed E-state index contributed by atoms with van der Waals surface area (Å²) in [6, 6.07) is 5.32. The van der Waals surface area contributed by atoms with Gasteiger partial charge >= 0.3 is 0 Å². The van der Waals surface area contributed by atoms with Crippen LogP contribution in [-0.4, -0.2) is 33.7 Å². The number of benzene rings is 1. The molecule has 2 aliphatic heterocycles. The van der Waals surface area contributed by atoms with Crippen LogP contribution in [0.25, 0.3) is 0 Å². The van der Waals surface area contributed by atoms with E-state index in [1.165, 1.54) is 0 Å². The van der Waals surface area contributed by atoms with Gasteiger partial charge in [-0.3, -0.25) is 9.59 Å². The fraction of sp³-hybridized carbons (Fsp3) is 0.412. The summed E-state index contributed by atoms with van der Waals surface area (Å²) in [5, 5.41) is 14.0. The molecule has 0 saturated heterocycles. The van der Waals surface area contributed by atoms with Crippen LogP contribution >= 0.6 is 0 Å². The molecule has 0 radical (unpaired) electrons. The van der Waals surface area contributed by atoms with Gasteiger partial charge in [0.1, 0.15) is 11.6 Å². The first-order valence-electron chi connectivity index (χ1n) is 8.32. The molecule has 2 aliphatic rings. The summed E-state index contributed by atoms with van der Waals surface area (Å²) in [5.74, 6) is 1.48. The summed E-state index contributed by atoms with van der Waals surface area (Å²) in [6.07, 6.45) is 2.10. The summed E-state index contributed by atoms with van der Waals surface area (Å²) in [4.78, 5) is 24.6. The van der Waals surface area contributed by atoms with Gasteiger partial charge in [-0.1, -0.05) is 0 Å². The highest BCUT2D eigenvalue weighted by Gasteiger charge is 2.31. The monoisotopic (exact) mass is 341 g/mol. The predicted octanol–water partition coefficient (Wildman–Crippen LogP) is 0.975. The maximum absolute atomic E-state index is 12.7. The molecule has 1 aromatic heterocycles. The van der Waals surface area contributed by atoms with Crippen molar-refractivity contribution in [3.05, 3.63) is 35.4 Å². The van der Waals surface area contributed by atoms with Crippen LogP contribution in [-0.2, 0) is 29.1 Å². The van der Waals surface area contributed by atoms with Crippen LogP contribution in [0.2, 0.25) is 0 Å². The van der Waals surface area contributed by atoms with Crippen molar-refractivity contribution in [1.82, 2.24) is 20.1 Å². The fourth-order valence-corrected chi connectivity index (χ4v) is 3.43. The van der Waals surface area contributed by atoms with Crippen LogP contribution < -0.4 is 15.4 Å². The average molecular weight is 341 g/mol. The SMILES string of the molecule is COc1ccc2c(c1)C(C(=O)NCc1nnc3n1CCC3)CC(=O)N2. The number of hydrogen-bond acceptors (Lipinski definition) is 5. The van der Waals surface area contributed by atoms with Crippen molar-refractivity contribution in [3.63, 3.8) is 0 Å². The van der Waals surface area contributed by atoms with E-state index in [1.807, 2.05) is 4.57 Å². The molecule has 1 unspecified atom stereocenters. The molecular formula is C17H19N5O3. The Morgan fingerprint density at radius 1 is 1.44 bits per heavy atom. The smallest absolute Gasteiger partial charge is 0.228 e. The van der Waals surface area contributed by atoms with Crippen molar-refractivity contribution in [3.8, 4) is 5.75 Å². The summed E-state index contributed by atoms with van der Waals surface area (Å²) < 4.78 is 7.28. The zero-order chi connectivity index (χ0) is 17.4. The van der Waals surface area contributed by atoms with E-state index in [0.29, 0.717) is 18.0 Å². The fourth-order valence-electron chi connectivity index (χ4n) is 3.43. The molecule has 130 valence electrons. The first-order chi connectivity index (χ1) is 12.2. The second-order valence-corrected chi connectivity index (χ2v) is 6.26. The molecule has 3 heterocycles. The maximum atomic E-state index is 12.7. The first-order valence-corrected chi connectivity index (χ1v) is 8.32. The summed E-state index contributed by atoms with van der Waals surface area (Å²) >= 11 is 0. The molecule has 0 aliphatic carbocycles. The third-order valence-electron chi connectivity index (χ3n) is 4.72. The zero-order valence-corrected chi connectivity index (χ0v) is 13.9. The lowest BCUT2D eigenvalue weighted by molar-refractivity contribution is -0.126.